The van der Waals surface area contributed by atoms with Crippen molar-refractivity contribution in [2.24, 2.45) is 0 Å². The molecule has 1 rings (SSSR count). The molecule has 1 atom stereocenters. The number of aliphatic hydroxyl groups excluding tert-OH is 1. The van der Waals surface area contributed by atoms with E-state index >= 15 is 0 Å². The summed E-state index contributed by atoms with van der Waals surface area (Å²) >= 11 is 0. The second-order valence-corrected chi connectivity index (χ2v) is 5.81. The lowest BCUT2D eigenvalue weighted by atomic mass is 10.1. The molecular weight excluding hydrogens is 276 g/mol. The maximum Gasteiger partial charge on any atom is 0.312 e. The van der Waals surface area contributed by atoms with E-state index in [4.69, 9.17) is 4.74 Å². The van der Waals surface area contributed by atoms with Crippen molar-refractivity contribution >= 4 is 5.69 Å². The van der Waals surface area contributed by atoms with E-state index in [-0.39, 0.29) is 17.8 Å². The summed E-state index contributed by atoms with van der Waals surface area (Å²) in [5.41, 5.74) is 0.566. The summed E-state index contributed by atoms with van der Waals surface area (Å²) in [4.78, 5) is 10.5. The number of ether oxygens (including phenoxy) is 1. The molecule has 0 aromatic carbocycles. The van der Waals surface area contributed by atoms with Crippen molar-refractivity contribution in [3.05, 3.63) is 21.5 Å². The van der Waals surface area contributed by atoms with E-state index in [0.29, 0.717) is 24.5 Å². The van der Waals surface area contributed by atoms with Crippen LogP contribution >= 0.6 is 0 Å². The van der Waals surface area contributed by atoms with Crippen LogP contribution in [0.2, 0.25) is 0 Å². The van der Waals surface area contributed by atoms with Gasteiger partial charge < -0.3 is 15.2 Å². The Kier molecular flexibility index (Phi) is 5.82. The van der Waals surface area contributed by atoms with Gasteiger partial charge in [-0.1, -0.05) is 0 Å². The van der Waals surface area contributed by atoms with Crippen LogP contribution in [0.15, 0.2) is 0 Å². The number of rotatable bonds is 8. The second-order valence-electron chi connectivity index (χ2n) is 5.81. The third-order valence-corrected chi connectivity index (χ3v) is 3.23. The third-order valence-electron chi connectivity index (χ3n) is 3.23. The molecule has 120 valence electrons. The largest absolute Gasteiger partial charge is 0.390 e. The van der Waals surface area contributed by atoms with E-state index in [1.165, 1.54) is 4.68 Å². The van der Waals surface area contributed by atoms with Crippen LogP contribution in [0.4, 0.5) is 5.69 Å². The Bertz CT molecular complexity index is 499. The van der Waals surface area contributed by atoms with Crippen LogP contribution in [-0.4, -0.2) is 51.7 Å². The molecule has 0 radical (unpaired) electrons. The van der Waals surface area contributed by atoms with Crippen molar-refractivity contribution in [1.29, 1.82) is 0 Å². The van der Waals surface area contributed by atoms with E-state index in [0.717, 1.165) is 0 Å². The van der Waals surface area contributed by atoms with Gasteiger partial charge in [0.2, 0.25) is 0 Å². The highest BCUT2D eigenvalue weighted by Crippen LogP contribution is 2.21. The Morgan fingerprint density at radius 3 is 2.62 bits per heavy atom. The first kappa shape index (κ1) is 17.5. The summed E-state index contributed by atoms with van der Waals surface area (Å²) in [6.45, 7) is 8.24. The molecular formula is C13H24N4O4. The molecule has 1 heterocycles. The maximum atomic E-state index is 10.9. The minimum Gasteiger partial charge on any atom is -0.390 e. The van der Waals surface area contributed by atoms with Gasteiger partial charge in [0.25, 0.3) is 0 Å². The van der Waals surface area contributed by atoms with Gasteiger partial charge in [-0.05, 0) is 27.7 Å². The van der Waals surface area contributed by atoms with Crippen molar-refractivity contribution in [3.8, 4) is 0 Å². The van der Waals surface area contributed by atoms with Crippen LogP contribution in [-0.2, 0) is 11.3 Å². The standard InChI is InChI=1S/C13H24N4O4/c1-9-12(17(19)20)10(2)16(15-9)7-11(18)6-14-13(3,4)8-21-5/h11,14,18H,6-8H2,1-5H3. The van der Waals surface area contributed by atoms with E-state index < -0.39 is 11.0 Å². The molecule has 0 aliphatic heterocycles. The number of hydrogen-bond acceptors (Lipinski definition) is 6. The maximum absolute atomic E-state index is 10.9. The van der Waals surface area contributed by atoms with E-state index in [1.807, 2.05) is 13.8 Å². The van der Waals surface area contributed by atoms with Gasteiger partial charge in [-0.25, -0.2) is 0 Å². The Balaban J connectivity index is 2.66. The molecule has 21 heavy (non-hydrogen) atoms. The average molecular weight is 300 g/mol. The highest BCUT2D eigenvalue weighted by Gasteiger charge is 2.23. The summed E-state index contributed by atoms with van der Waals surface area (Å²) < 4.78 is 6.56. The van der Waals surface area contributed by atoms with Crippen LogP contribution in [0, 0.1) is 24.0 Å². The SMILES string of the molecule is COCC(C)(C)NCC(O)Cn1nc(C)c([N+](=O)[O-])c1C. The number of β-amino-alcohol motifs (C(OH)–C–C–N with tert-alkyl or cyclic N) is 1. The van der Waals surface area contributed by atoms with Gasteiger partial charge in [-0.2, -0.15) is 5.10 Å². The first-order valence-electron chi connectivity index (χ1n) is 6.78. The number of aryl methyl sites for hydroxylation is 1. The lowest BCUT2D eigenvalue weighted by molar-refractivity contribution is -0.386. The fourth-order valence-electron chi connectivity index (χ4n) is 2.20. The topological polar surface area (TPSA) is 102 Å². The van der Waals surface area contributed by atoms with Crippen molar-refractivity contribution in [1.82, 2.24) is 15.1 Å². The molecule has 1 unspecified atom stereocenters. The van der Waals surface area contributed by atoms with Crippen LogP contribution in [0.25, 0.3) is 0 Å². The van der Waals surface area contributed by atoms with Gasteiger partial charge in [0.1, 0.15) is 11.4 Å². The molecule has 8 heteroatoms. The van der Waals surface area contributed by atoms with Crippen molar-refractivity contribution in [2.45, 2.75) is 45.9 Å². The fraction of sp³-hybridized carbons (Fsp3) is 0.769. The summed E-state index contributed by atoms with van der Waals surface area (Å²) in [6, 6.07) is 0. The predicted octanol–water partition coefficient (Wildman–Crippen LogP) is 0.784. The van der Waals surface area contributed by atoms with Crippen molar-refractivity contribution in [2.75, 3.05) is 20.3 Å². The molecule has 2 N–H and O–H groups in total. The van der Waals surface area contributed by atoms with Crippen LogP contribution in [0.5, 0.6) is 0 Å². The second kappa shape index (κ2) is 6.97. The fourth-order valence-corrected chi connectivity index (χ4v) is 2.20. The van der Waals surface area contributed by atoms with Gasteiger partial charge in [-0.15, -0.1) is 0 Å². The smallest absolute Gasteiger partial charge is 0.312 e. The highest BCUT2D eigenvalue weighted by atomic mass is 16.6. The number of aromatic nitrogens is 2. The minimum absolute atomic E-state index is 0.00914. The van der Waals surface area contributed by atoms with Gasteiger partial charge in [0.15, 0.2) is 0 Å². The Morgan fingerprint density at radius 1 is 1.52 bits per heavy atom. The number of nitro groups is 1. The normalized spacial score (nSPS) is 13.4. The predicted molar refractivity (Wildman–Crippen MR) is 78.3 cm³/mol. The highest BCUT2D eigenvalue weighted by molar-refractivity contribution is 5.39. The average Bonchev–Trinajstić information content (AvgIpc) is 2.62. The zero-order valence-corrected chi connectivity index (χ0v) is 13.2. The number of nitrogens with one attached hydrogen (secondary N) is 1. The summed E-state index contributed by atoms with van der Waals surface area (Å²) in [7, 11) is 1.62. The molecule has 1 aromatic heterocycles. The number of aliphatic hydroxyl groups is 1. The first-order chi connectivity index (χ1) is 9.68. The number of methoxy groups -OCH3 is 1. The Morgan fingerprint density at radius 2 is 2.14 bits per heavy atom. The Hall–Kier alpha value is -1.51. The van der Waals surface area contributed by atoms with Crippen molar-refractivity contribution in [3.63, 3.8) is 0 Å². The van der Waals surface area contributed by atoms with Gasteiger partial charge in [0.05, 0.1) is 24.2 Å². The van der Waals surface area contributed by atoms with Gasteiger partial charge in [0, 0.05) is 19.2 Å². The van der Waals surface area contributed by atoms with Crippen LogP contribution in [0.3, 0.4) is 0 Å². The molecule has 1 aromatic rings. The summed E-state index contributed by atoms with van der Waals surface area (Å²) in [5, 5.41) is 28.3. The molecule has 0 saturated heterocycles. The van der Waals surface area contributed by atoms with E-state index in [9.17, 15) is 15.2 Å². The quantitative estimate of drug-likeness (QED) is 0.543. The lowest BCUT2D eigenvalue weighted by Crippen LogP contribution is -2.47. The van der Waals surface area contributed by atoms with Crippen molar-refractivity contribution < 1.29 is 14.8 Å². The molecule has 0 aliphatic carbocycles. The molecule has 0 fully saturated rings. The van der Waals surface area contributed by atoms with Gasteiger partial charge >= 0.3 is 5.69 Å². The van der Waals surface area contributed by atoms with Gasteiger partial charge in [-0.3, -0.25) is 14.8 Å². The number of nitrogens with zero attached hydrogens (tertiary/aromatic N) is 3. The zero-order chi connectivity index (χ0) is 16.2. The molecule has 8 nitrogen and oxygen atoms in total. The summed E-state index contributed by atoms with van der Waals surface area (Å²) in [5.74, 6) is 0. The lowest BCUT2D eigenvalue weighted by Gasteiger charge is -2.27. The molecule has 0 saturated carbocycles. The van der Waals surface area contributed by atoms with E-state index in [2.05, 4.69) is 10.4 Å². The molecule has 0 amide bonds. The Labute approximate surface area is 124 Å². The zero-order valence-electron chi connectivity index (χ0n) is 13.2. The molecule has 0 aliphatic rings. The number of hydrogen-bond donors (Lipinski definition) is 2. The van der Waals surface area contributed by atoms with E-state index in [1.54, 1.807) is 21.0 Å². The monoisotopic (exact) mass is 300 g/mol. The first-order valence-corrected chi connectivity index (χ1v) is 6.78. The molecule has 0 spiro atoms. The van der Waals surface area contributed by atoms with Crippen LogP contribution in [0.1, 0.15) is 25.2 Å². The third kappa shape index (κ3) is 4.76. The summed E-state index contributed by atoms with van der Waals surface area (Å²) in [6.07, 6.45) is -0.696. The molecule has 0 bridgehead atoms. The van der Waals surface area contributed by atoms with Crippen LogP contribution < -0.4 is 5.32 Å². The minimum atomic E-state index is -0.696.